The Morgan fingerprint density at radius 3 is 2.61 bits per heavy atom. The molecule has 0 bridgehead atoms. The van der Waals surface area contributed by atoms with Crippen molar-refractivity contribution in [3.8, 4) is 5.75 Å². The van der Waals surface area contributed by atoms with Crippen LogP contribution in [0.4, 0.5) is 0 Å². The molecule has 0 amide bonds. The summed E-state index contributed by atoms with van der Waals surface area (Å²) in [5.74, 6) is 0.559. The molecule has 0 spiro atoms. The van der Waals surface area contributed by atoms with E-state index >= 15 is 0 Å². The first-order chi connectivity index (χ1) is 17.3. The minimum absolute atomic E-state index is 0.0522. The van der Waals surface area contributed by atoms with Crippen LogP contribution >= 0.6 is 23.3 Å². The predicted octanol–water partition coefficient (Wildman–Crippen LogP) is 6.94. The van der Waals surface area contributed by atoms with E-state index in [2.05, 4.69) is 42.4 Å². The molecule has 0 saturated heterocycles. The highest BCUT2D eigenvalue weighted by atomic mass is 32.2. The van der Waals surface area contributed by atoms with Gasteiger partial charge in [-0.15, -0.1) is 11.3 Å². The number of esters is 1. The van der Waals surface area contributed by atoms with Crippen LogP contribution in [0.1, 0.15) is 69.4 Å². The Morgan fingerprint density at radius 2 is 1.92 bits per heavy atom. The Balaban J connectivity index is 1.66. The summed E-state index contributed by atoms with van der Waals surface area (Å²) in [7, 11) is 1.42. The summed E-state index contributed by atoms with van der Waals surface area (Å²) in [6.45, 7) is 9.40. The van der Waals surface area contributed by atoms with Gasteiger partial charge in [0.05, 0.1) is 23.3 Å². The van der Waals surface area contributed by atoms with E-state index in [0.717, 1.165) is 51.0 Å². The van der Waals surface area contributed by atoms with Gasteiger partial charge in [-0.3, -0.25) is 9.59 Å². The monoisotopic (exact) mass is 523 g/mol. The quantitative estimate of drug-likeness (QED) is 0.181. The van der Waals surface area contributed by atoms with Gasteiger partial charge in [0.1, 0.15) is 11.9 Å². The Kier molecular flexibility index (Phi) is 8.54. The predicted molar refractivity (Wildman–Crippen MR) is 146 cm³/mol. The molecule has 0 saturated carbocycles. The molecule has 1 aliphatic rings. The lowest BCUT2D eigenvalue weighted by molar-refractivity contribution is -0.140. The molecular weight excluding hydrogens is 490 g/mol. The number of fused-ring (bicyclic) bond motifs is 1. The van der Waals surface area contributed by atoms with Crippen LogP contribution < -0.4 is 4.74 Å². The fourth-order valence-corrected chi connectivity index (χ4v) is 6.75. The number of benzene rings is 2. The van der Waals surface area contributed by atoms with Gasteiger partial charge >= 0.3 is 5.97 Å². The molecule has 36 heavy (non-hydrogen) atoms. The number of ether oxygens (including phenoxy) is 2. The van der Waals surface area contributed by atoms with E-state index in [4.69, 9.17) is 9.47 Å². The minimum atomic E-state index is -0.264. The van der Waals surface area contributed by atoms with Crippen molar-refractivity contribution in [3.63, 3.8) is 0 Å². The van der Waals surface area contributed by atoms with E-state index in [1.807, 2.05) is 31.2 Å². The smallest absolute Gasteiger partial charge is 0.306 e. The second-order valence-corrected chi connectivity index (χ2v) is 11.5. The van der Waals surface area contributed by atoms with E-state index in [-0.39, 0.29) is 30.2 Å². The summed E-state index contributed by atoms with van der Waals surface area (Å²) < 4.78 is 13.7. The summed E-state index contributed by atoms with van der Waals surface area (Å²) in [5.41, 5.74) is 4.43. The first-order valence-corrected chi connectivity index (χ1v) is 13.8. The molecule has 1 unspecified atom stereocenters. The maximum Gasteiger partial charge on any atom is 0.306 e. The van der Waals surface area contributed by atoms with Gasteiger partial charge in [-0.25, -0.2) is 4.31 Å². The number of nitrogens with zero attached hydrogens (tertiary/aromatic N) is 1. The first-order valence-electron chi connectivity index (χ1n) is 12.2. The second kappa shape index (κ2) is 11.6. The molecule has 2 aromatic carbocycles. The fraction of sp³-hybridized carbons (Fsp3) is 0.379. The highest BCUT2D eigenvalue weighted by molar-refractivity contribution is 7.97. The third-order valence-electron chi connectivity index (χ3n) is 6.55. The van der Waals surface area contributed by atoms with Crippen LogP contribution in [0.25, 0.3) is 0 Å². The number of para-hydroxylation sites is 1. The lowest BCUT2D eigenvalue weighted by Crippen LogP contribution is -2.29. The van der Waals surface area contributed by atoms with Crippen LogP contribution in [-0.4, -0.2) is 35.8 Å². The van der Waals surface area contributed by atoms with Gasteiger partial charge in [0.15, 0.2) is 5.78 Å². The SMILES string of the molecule is CC[C@@H]1CN(Cc2cc(C(CC(=O)OC)c3cc(C)c(C(C)=O)s3)ccc2C)Sc2ccccc2O1. The van der Waals surface area contributed by atoms with Crippen LogP contribution in [0.2, 0.25) is 0 Å². The van der Waals surface area contributed by atoms with Gasteiger partial charge in [-0.1, -0.05) is 37.3 Å². The third-order valence-corrected chi connectivity index (χ3v) is 9.08. The van der Waals surface area contributed by atoms with Crippen LogP contribution in [0.15, 0.2) is 53.4 Å². The zero-order valence-electron chi connectivity index (χ0n) is 21.5. The molecule has 190 valence electrons. The molecule has 0 N–H and O–H groups in total. The molecule has 0 radical (unpaired) electrons. The third kappa shape index (κ3) is 6.02. The zero-order chi connectivity index (χ0) is 25.8. The highest BCUT2D eigenvalue weighted by Crippen LogP contribution is 2.39. The number of carbonyl (C=O) groups is 2. The van der Waals surface area contributed by atoms with Crippen molar-refractivity contribution in [2.24, 2.45) is 0 Å². The maximum atomic E-state index is 12.4. The Hall–Kier alpha value is -2.61. The topological polar surface area (TPSA) is 55.8 Å². The van der Waals surface area contributed by atoms with E-state index in [9.17, 15) is 9.59 Å². The van der Waals surface area contributed by atoms with Gasteiger partial charge in [0.2, 0.25) is 0 Å². The lowest BCUT2D eigenvalue weighted by Gasteiger charge is -2.24. The number of hydrogen-bond donors (Lipinski definition) is 0. The van der Waals surface area contributed by atoms with Crippen LogP contribution in [0.5, 0.6) is 5.75 Å². The first kappa shape index (κ1) is 26.5. The normalized spacial score (nSPS) is 16.5. The van der Waals surface area contributed by atoms with Crippen molar-refractivity contribution in [2.45, 2.75) is 64.0 Å². The summed E-state index contributed by atoms with van der Waals surface area (Å²) in [4.78, 5) is 27.4. The molecule has 0 fully saturated rings. The molecular formula is C29H33NO4S2. The van der Waals surface area contributed by atoms with E-state index in [1.54, 1.807) is 18.9 Å². The number of hydrogen-bond acceptors (Lipinski definition) is 7. The Labute approximate surface area is 221 Å². The number of Topliss-reactive ketones (excluding diaryl/α,β-unsaturated/α-hetero) is 1. The molecule has 4 rings (SSSR count). The summed E-state index contributed by atoms with van der Waals surface area (Å²) in [6.07, 6.45) is 1.28. The minimum Gasteiger partial charge on any atom is -0.488 e. The fourth-order valence-electron chi connectivity index (χ4n) is 4.48. The van der Waals surface area contributed by atoms with Gasteiger partial charge in [0.25, 0.3) is 0 Å². The number of methoxy groups -OCH3 is 1. The number of thiophene rings is 1. The van der Waals surface area contributed by atoms with Gasteiger partial charge < -0.3 is 9.47 Å². The van der Waals surface area contributed by atoms with E-state index in [0.29, 0.717) is 0 Å². The molecule has 2 atom stereocenters. The Morgan fingerprint density at radius 1 is 1.14 bits per heavy atom. The van der Waals surface area contributed by atoms with Crippen LogP contribution in [-0.2, 0) is 16.1 Å². The molecule has 1 aliphatic heterocycles. The summed E-state index contributed by atoms with van der Waals surface area (Å²) >= 11 is 3.21. The van der Waals surface area contributed by atoms with E-state index < -0.39 is 0 Å². The Bertz CT molecular complexity index is 1250. The molecule has 3 aromatic rings. The van der Waals surface area contributed by atoms with Gasteiger partial charge in [-0.2, -0.15) is 0 Å². The second-order valence-electron chi connectivity index (χ2n) is 9.24. The van der Waals surface area contributed by atoms with Crippen molar-refractivity contribution in [1.82, 2.24) is 4.31 Å². The number of carbonyl (C=O) groups excluding carboxylic acids is 2. The van der Waals surface area contributed by atoms with Gasteiger partial charge in [-0.05, 0) is 79.6 Å². The lowest BCUT2D eigenvalue weighted by atomic mass is 9.91. The number of aryl methyl sites for hydroxylation is 2. The summed E-state index contributed by atoms with van der Waals surface area (Å²) in [6, 6.07) is 16.7. The van der Waals surface area contributed by atoms with Crippen molar-refractivity contribution in [1.29, 1.82) is 0 Å². The zero-order valence-corrected chi connectivity index (χ0v) is 23.1. The maximum absolute atomic E-state index is 12.4. The van der Waals surface area contributed by atoms with E-state index in [1.165, 1.54) is 29.6 Å². The van der Waals surface area contributed by atoms with Crippen LogP contribution in [0.3, 0.4) is 0 Å². The number of rotatable bonds is 8. The molecule has 0 aliphatic carbocycles. The van der Waals surface area contributed by atoms with Crippen molar-refractivity contribution in [2.75, 3.05) is 13.7 Å². The average Bonchev–Trinajstić information content (AvgIpc) is 3.15. The number of ketones is 1. The molecule has 7 heteroatoms. The van der Waals surface area contributed by atoms with Crippen LogP contribution in [0, 0.1) is 13.8 Å². The van der Waals surface area contributed by atoms with Crippen molar-refractivity contribution >= 4 is 35.0 Å². The standard InChI is InChI=1S/C29H33NO4S2/c1-6-23-17-30(36-26-10-8-7-9-25(26)34-23)16-22-14-21(12-11-18(22)2)24(15-28(32)33-5)27-13-19(3)29(35-27)20(4)31/h7-14,23-24H,6,15-17H2,1-5H3/t23-,24?/m1/s1. The van der Waals surface area contributed by atoms with Gasteiger partial charge in [0, 0.05) is 23.9 Å². The van der Waals surface area contributed by atoms with Crippen molar-refractivity contribution < 1.29 is 19.1 Å². The van der Waals surface area contributed by atoms with Crippen molar-refractivity contribution in [3.05, 3.63) is 80.5 Å². The molecule has 1 aromatic heterocycles. The summed E-state index contributed by atoms with van der Waals surface area (Å²) in [5, 5.41) is 0. The largest absolute Gasteiger partial charge is 0.488 e. The molecule has 2 heterocycles. The molecule has 5 nitrogen and oxygen atoms in total. The highest BCUT2D eigenvalue weighted by Gasteiger charge is 2.26. The average molecular weight is 524 g/mol.